The van der Waals surface area contributed by atoms with E-state index >= 15 is 0 Å². The fraction of sp³-hybridized carbons (Fsp3) is 0.273. The number of likely N-dealkylation sites (N-methyl/N-ethyl adjacent to an activating group) is 2. The molecule has 0 unspecified atom stereocenters. The molecule has 3 amide bonds. The molecule has 1 aromatic carbocycles. The SMILES string of the molecule is CN1CC(=O)N(C)N(c2ccccc2)C1=O. The Balaban J connectivity index is 2.37. The highest BCUT2D eigenvalue weighted by molar-refractivity contribution is 6.00. The third-order valence-electron chi connectivity index (χ3n) is 2.54. The normalized spacial score (nSPS) is 17.0. The maximum Gasteiger partial charge on any atom is 0.343 e. The molecule has 0 radical (unpaired) electrons. The molecule has 0 bridgehead atoms. The van der Waals surface area contributed by atoms with Crippen molar-refractivity contribution in [2.75, 3.05) is 25.6 Å². The number of para-hydroxylation sites is 1. The van der Waals surface area contributed by atoms with Gasteiger partial charge in [-0.3, -0.25) is 4.79 Å². The van der Waals surface area contributed by atoms with E-state index in [1.165, 1.54) is 14.9 Å². The van der Waals surface area contributed by atoms with Crippen LogP contribution in [0.5, 0.6) is 0 Å². The molecule has 84 valence electrons. The molecule has 0 atom stereocenters. The van der Waals surface area contributed by atoms with Gasteiger partial charge in [0.2, 0.25) is 0 Å². The number of hydrogen-bond donors (Lipinski definition) is 0. The van der Waals surface area contributed by atoms with Gasteiger partial charge in [0.1, 0.15) is 6.54 Å². The second-order valence-electron chi connectivity index (χ2n) is 3.70. The van der Waals surface area contributed by atoms with E-state index in [-0.39, 0.29) is 18.5 Å². The Bertz CT molecular complexity index is 418. The van der Waals surface area contributed by atoms with Crippen molar-refractivity contribution in [2.45, 2.75) is 0 Å². The first-order valence-corrected chi connectivity index (χ1v) is 4.98. The summed E-state index contributed by atoms with van der Waals surface area (Å²) in [7, 11) is 3.21. The van der Waals surface area contributed by atoms with Crippen molar-refractivity contribution in [2.24, 2.45) is 0 Å². The van der Waals surface area contributed by atoms with Crippen LogP contribution in [0.15, 0.2) is 30.3 Å². The van der Waals surface area contributed by atoms with Gasteiger partial charge >= 0.3 is 6.03 Å². The molecule has 1 aromatic rings. The summed E-state index contributed by atoms with van der Waals surface area (Å²) in [6.07, 6.45) is 0. The lowest BCUT2D eigenvalue weighted by atomic mass is 10.3. The molecular formula is C11H13N3O2. The molecule has 1 fully saturated rings. The molecule has 5 nitrogen and oxygen atoms in total. The first-order valence-electron chi connectivity index (χ1n) is 4.98. The number of urea groups is 1. The molecule has 2 rings (SSSR count). The topological polar surface area (TPSA) is 43.9 Å². The number of amides is 3. The van der Waals surface area contributed by atoms with Gasteiger partial charge < -0.3 is 4.90 Å². The largest absolute Gasteiger partial charge is 0.343 e. The maximum absolute atomic E-state index is 11.9. The first kappa shape index (κ1) is 10.5. The fourth-order valence-corrected chi connectivity index (χ4v) is 1.63. The van der Waals surface area contributed by atoms with Crippen molar-refractivity contribution < 1.29 is 9.59 Å². The van der Waals surface area contributed by atoms with Crippen LogP contribution in [-0.2, 0) is 4.79 Å². The van der Waals surface area contributed by atoms with Crippen molar-refractivity contribution in [1.82, 2.24) is 9.91 Å². The van der Waals surface area contributed by atoms with Crippen molar-refractivity contribution in [3.05, 3.63) is 30.3 Å². The van der Waals surface area contributed by atoms with Gasteiger partial charge in [-0.25, -0.2) is 14.8 Å². The lowest BCUT2D eigenvalue weighted by Gasteiger charge is -2.39. The third kappa shape index (κ3) is 1.60. The Labute approximate surface area is 93.8 Å². The van der Waals surface area contributed by atoms with E-state index < -0.39 is 0 Å². The standard InChI is InChI=1S/C11H13N3O2/c1-12-8-10(15)13(2)14(11(12)16)9-6-4-3-5-7-9/h3-7H,8H2,1-2H3. The number of benzene rings is 1. The molecule has 1 aliphatic rings. The van der Waals surface area contributed by atoms with Gasteiger partial charge in [-0.1, -0.05) is 18.2 Å². The zero-order valence-electron chi connectivity index (χ0n) is 9.25. The second kappa shape index (κ2) is 3.84. The molecule has 16 heavy (non-hydrogen) atoms. The quantitative estimate of drug-likeness (QED) is 0.705. The fourth-order valence-electron chi connectivity index (χ4n) is 1.63. The Morgan fingerprint density at radius 1 is 1.06 bits per heavy atom. The number of anilines is 1. The smallest absolute Gasteiger partial charge is 0.317 e. The first-order chi connectivity index (χ1) is 7.61. The summed E-state index contributed by atoms with van der Waals surface area (Å²) < 4.78 is 0. The van der Waals surface area contributed by atoms with Gasteiger partial charge in [0, 0.05) is 14.1 Å². The lowest BCUT2D eigenvalue weighted by Crippen LogP contribution is -2.60. The van der Waals surface area contributed by atoms with Gasteiger partial charge in [-0.2, -0.15) is 0 Å². The van der Waals surface area contributed by atoms with E-state index in [1.54, 1.807) is 26.2 Å². The van der Waals surface area contributed by atoms with Crippen LogP contribution in [0.1, 0.15) is 0 Å². The minimum Gasteiger partial charge on any atom is -0.317 e. The number of rotatable bonds is 1. The van der Waals surface area contributed by atoms with Crippen LogP contribution in [0, 0.1) is 0 Å². The Morgan fingerprint density at radius 3 is 2.31 bits per heavy atom. The van der Waals surface area contributed by atoms with E-state index in [0.717, 1.165) is 0 Å². The molecule has 0 aromatic heterocycles. The molecule has 1 saturated heterocycles. The number of nitrogens with zero attached hydrogens (tertiary/aromatic N) is 3. The summed E-state index contributed by atoms with van der Waals surface area (Å²) >= 11 is 0. The van der Waals surface area contributed by atoms with Crippen LogP contribution in [0.4, 0.5) is 10.5 Å². The Kier molecular flexibility index (Phi) is 2.52. The van der Waals surface area contributed by atoms with E-state index in [1.807, 2.05) is 18.2 Å². The van der Waals surface area contributed by atoms with E-state index in [4.69, 9.17) is 0 Å². The summed E-state index contributed by atoms with van der Waals surface area (Å²) in [5, 5.41) is 2.71. The highest BCUT2D eigenvalue weighted by atomic mass is 16.2. The monoisotopic (exact) mass is 219 g/mol. The molecule has 1 heterocycles. The van der Waals surface area contributed by atoms with E-state index in [0.29, 0.717) is 5.69 Å². The van der Waals surface area contributed by atoms with Crippen molar-refractivity contribution >= 4 is 17.6 Å². The van der Waals surface area contributed by atoms with Gasteiger partial charge in [0.15, 0.2) is 0 Å². The molecule has 0 N–H and O–H groups in total. The van der Waals surface area contributed by atoms with E-state index in [2.05, 4.69) is 0 Å². The van der Waals surface area contributed by atoms with Crippen molar-refractivity contribution in [3.8, 4) is 0 Å². The van der Waals surface area contributed by atoms with Crippen LogP contribution in [0.2, 0.25) is 0 Å². The Morgan fingerprint density at radius 2 is 1.69 bits per heavy atom. The van der Waals surface area contributed by atoms with Crippen LogP contribution in [0.3, 0.4) is 0 Å². The molecule has 0 aliphatic carbocycles. The van der Waals surface area contributed by atoms with Crippen LogP contribution in [-0.4, -0.2) is 42.5 Å². The van der Waals surface area contributed by atoms with E-state index in [9.17, 15) is 9.59 Å². The van der Waals surface area contributed by atoms with Crippen molar-refractivity contribution in [3.63, 3.8) is 0 Å². The van der Waals surface area contributed by atoms with Crippen LogP contribution in [0.25, 0.3) is 0 Å². The summed E-state index contributed by atoms with van der Waals surface area (Å²) in [6.45, 7) is 0.124. The molecule has 5 heteroatoms. The number of hydrazine groups is 1. The number of carbonyl (C=O) groups is 2. The van der Waals surface area contributed by atoms with Crippen molar-refractivity contribution in [1.29, 1.82) is 0 Å². The molecule has 0 spiro atoms. The van der Waals surface area contributed by atoms with Gasteiger partial charge in [-0.15, -0.1) is 0 Å². The molecular weight excluding hydrogens is 206 g/mol. The maximum atomic E-state index is 11.9. The zero-order valence-corrected chi connectivity index (χ0v) is 9.25. The molecule has 1 aliphatic heterocycles. The highest BCUT2D eigenvalue weighted by Gasteiger charge is 2.33. The summed E-state index contributed by atoms with van der Waals surface area (Å²) in [5.41, 5.74) is 0.690. The average molecular weight is 219 g/mol. The predicted molar refractivity (Wildman–Crippen MR) is 59.7 cm³/mol. The Hall–Kier alpha value is -2.04. The zero-order chi connectivity index (χ0) is 11.7. The second-order valence-corrected chi connectivity index (χ2v) is 3.70. The van der Waals surface area contributed by atoms with Gasteiger partial charge in [-0.05, 0) is 12.1 Å². The van der Waals surface area contributed by atoms with Gasteiger partial charge in [0.05, 0.1) is 5.69 Å². The average Bonchev–Trinajstić information content (AvgIpc) is 2.28. The van der Waals surface area contributed by atoms with Crippen LogP contribution >= 0.6 is 0 Å². The number of carbonyl (C=O) groups excluding carboxylic acids is 2. The minimum absolute atomic E-state index is 0.106. The third-order valence-corrected chi connectivity index (χ3v) is 2.54. The highest BCUT2D eigenvalue weighted by Crippen LogP contribution is 2.19. The number of hydrogen-bond acceptors (Lipinski definition) is 2. The summed E-state index contributed by atoms with van der Waals surface area (Å²) in [5.74, 6) is -0.106. The minimum atomic E-state index is -0.201. The predicted octanol–water partition coefficient (Wildman–Crippen LogP) is 0.932. The lowest BCUT2D eigenvalue weighted by molar-refractivity contribution is -0.132. The summed E-state index contributed by atoms with van der Waals surface area (Å²) in [4.78, 5) is 25.0. The van der Waals surface area contributed by atoms with Gasteiger partial charge in [0.25, 0.3) is 5.91 Å². The van der Waals surface area contributed by atoms with Crippen LogP contribution < -0.4 is 5.01 Å². The molecule has 0 saturated carbocycles. The summed E-state index contributed by atoms with van der Waals surface area (Å²) in [6, 6.07) is 8.91.